The van der Waals surface area contributed by atoms with Crippen molar-refractivity contribution in [1.82, 2.24) is 10.3 Å². The van der Waals surface area contributed by atoms with E-state index in [1.54, 1.807) is 11.3 Å². The summed E-state index contributed by atoms with van der Waals surface area (Å²) in [6.07, 6.45) is 5.57. The minimum Gasteiger partial charge on any atom is -0.366 e. The molecule has 6 heteroatoms. The second-order valence-electron chi connectivity index (χ2n) is 4.56. The molecule has 0 radical (unpaired) electrons. The smallest absolute Gasteiger partial charge is 0.292 e. The van der Waals surface area contributed by atoms with Crippen LogP contribution >= 0.6 is 11.3 Å². The molecule has 0 fully saturated rings. The molecule has 96 valence electrons. The zero-order valence-electron chi connectivity index (χ0n) is 10.2. The van der Waals surface area contributed by atoms with Gasteiger partial charge in [-0.15, -0.1) is 11.3 Å². The Hall–Kier alpha value is -1.43. The molecule has 0 atom stereocenters. The van der Waals surface area contributed by atoms with Crippen LogP contribution in [0.4, 0.5) is 5.13 Å². The van der Waals surface area contributed by atoms with Crippen LogP contribution in [-0.2, 0) is 17.6 Å². The summed E-state index contributed by atoms with van der Waals surface area (Å²) >= 11 is 1.60. The van der Waals surface area contributed by atoms with Crippen molar-refractivity contribution in [2.45, 2.75) is 32.1 Å². The van der Waals surface area contributed by atoms with E-state index < -0.39 is 0 Å². The molecule has 0 bridgehead atoms. The van der Waals surface area contributed by atoms with Gasteiger partial charge in [0.2, 0.25) is 0 Å². The molecule has 5 nitrogen and oxygen atoms in total. The van der Waals surface area contributed by atoms with Crippen molar-refractivity contribution in [3.8, 4) is 0 Å². The number of carbonyl (C=O) groups excluding carboxylic acids is 1. The average molecular weight is 264 g/mol. The van der Waals surface area contributed by atoms with Gasteiger partial charge in [-0.1, -0.05) is 0 Å². The first-order chi connectivity index (χ1) is 8.83. The summed E-state index contributed by atoms with van der Waals surface area (Å²) in [6.45, 7) is 1.55. The van der Waals surface area contributed by atoms with Crippen LogP contribution in [-0.4, -0.2) is 29.8 Å². The highest BCUT2D eigenvalue weighted by molar-refractivity contribution is 7.16. The highest BCUT2D eigenvalue weighted by atomic mass is 32.1. The number of fused-ring (bicyclic) bond motifs is 1. The highest BCUT2D eigenvalue weighted by Crippen LogP contribution is 2.29. The molecule has 0 saturated heterocycles. The van der Waals surface area contributed by atoms with Gasteiger partial charge in [0.15, 0.2) is 11.0 Å². The zero-order chi connectivity index (χ0) is 12.4. The Bertz CT molecular complexity index is 471. The Morgan fingerprint density at radius 1 is 1.28 bits per heavy atom. The van der Waals surface area contributed by atoms with E-state index in [4.69, 9.17) is 0 Å². The van der Waals surface area contributed by atoms with Gasteiger partial charge < -0.3 is 5.32 Å². The minimum atomic E-state index is -0.166. The van der Waals surface area contributed by atoms with E-state index >= 15 is 0 Å². The Morgan fingerprint density at radius 3 is 2.94 bits per heavy atom. The van der Waals surface area contributed by atoms with E-state index in [1.807, 2.05) is 0 Å². The molecule has 18 heavy (non-hydrogen) atoms. The Balaban J connectivity index is 1.70. The molecule has 2 aliphatic rings. The first-order valence-corrected chi connectivity index (χ1v) is 7.23. The normalized spacial score (nSPS) is 18.6. The number of nitrogens with zero attached hydrogens (tertiary/aromatic N) is 2. The van der Waals surface area contributed by atoms with Gasteiger partial charge >= 0.3 is 0 Å². The van der Waals surface area contributed by atoms with Crippen molar-refractivity contribution in [2.75, 3.05) is 18.4 Å². The molecule has 3 rings (SSSR count). The third-order valence-electron chi connectivity index (χ3n) is 3.18. The number of hydrogen-bond donors (Lipinski definition) is 2. The molecule has 1 aromatic rings. The molecule has 2 N–H and O–H groups in total. The first-order valence-electron chi connectivity index (χ1n) is 6.41. The SMILES string of the molecule is O=C(Nc1nc2c(s1)CCCC2)C1=NCCCN1. The third kappa shape index (κ3) is 2.38. The Kier molecular flexibility index (Phi) is 3.27. The van der Waals surface area contributed by atoms with E-state index in [2.05, 4.69) is 20.6 Å². The van der Waals surface area contributed by atoms with Crippen molar-refractivity contribution in [3.63, 3.8) is 0 Å². The molecule has 2 heterocycles. The van der Waals surface area contributed by atoms with Gasteiger partial charge in [0.25, 0.3) is 5.91 Å². The van der Waals surface area contributed by atoms with Crippen molar-refractivity contribution in [2.24, 2.45) is 4.99 Å². The summed E-state index contributed by atoms with van der Waals surface area (Å²) in [7, 11) is 0. The second kappa shape index (κ2) is 5.06. The number of amidine groups is 1. The van der Waals surface area contributed by atoms with Gasteiger partial charge in [-0.3, -0.25) is 15.1 Å². The average Bonchev–Trinajstić information content (AvgIpc) is 2.82. The molecule has 1 aliphatic heterocycles. The first kappa shape index (κ1) is 11.6. The number of aryl methyl sites for hydroxylation is 2. The number of carbonyl (C=O) groups is 1. The van der Waals surface area contributed by atoms with Crippen LogP contribution in [0.15, 0.2) is 4.99 Å². The zero-order valence-corrected chi connectivity index (χ0v) is 11.0. The second-order valence-corrected chi connectivity index (χ2v) is 5.64. The molecule has 0 saturated carbocycles. The molecule has 1 amide bonds. The summed E-state index contributed by atoms with van der Waals surface area (Å²) in [6, 6.07) is 0. The quantitative estimate of drug-likeness (QED) is 0.847. The number of aromatic nitrogens is 1. The number of aliphatic imine (C=N–C) groups is 1. The summed E-state index contributed by atoms with van der Waals surface area (Å²) in [5.74, 6) is 0.273. The monoisotopic (exact) mass is 264 g/mol. The maximum absolute atomic E-state index is 11.9. The lowest BCUT2D eigenvalue weighted by atomic mass is 10.0. The maximum atomic E-state index is 11.9. The van der Waals surface area contributed by atoms with Crippen molar-refractivity contribution in [3.05, 3.63) is 10.6 Å². The van der Waals surface area contributed by atoms with Crippen LogP contribution in [0.1, 0.15) is 29.8 Å². The molecule has 1 aromatic heterocycles. The number of anilines is 1. The van der Waals surface area contributed by atoms with Crippen LogP contribution in [0.25, 0.3) is 0 Å². The van der Waals surface area contributed by atoms with Gasteiger partial charge in [-0.05, 0) is 32.1 Å². The predicted molar refractivity (Wildman–Crippen MR) is 72.3 cm³/mol. The lowest BCUT2D eigenvalue weighted by Crippen LogP contribution is -2.39. The van der Waals surface area contributed by atoms with Crippen molar-refractivity contribution >= 4 is 28.2 Å². The van der Waals surface area contributed by atoms with Gasteiger partial charge in [0.1, 0.15) is 0 Å². The van der Waals surface area contributed by atoms with E-state index in [0.717, 1.165) is 32.4 Å². The minimum absolute atomic E-state index is 0.166. The lowest BCUT2D eigenvalue weighted by molar-refractivity contribution is -0.110. The lowest BCUT2D eigenvalue weighted by Gasteiger charge is -2.12. The Morgan fingerprint density at radius 2 is 2.17 bits per heavy atom. The fourth-order valence-corrected chi connectivity index (χ4v) is 3.29. The van der Waals surface area contributed by atoms with Gasteiger partial charge in [0.05, 0.1) is 5.69 Å². The summed E-state index contributed by atoms with van der Waals surface area (Å²) in [5.41, 5.74) is 1.17. The standard InChI is InChI=1S/C12H16N4OS/c17-11(10-13-6-3-7-14-10)16-12-15-8-4-1-2-5-9(8)18-12/h1-7H2,(H,13,14)(H,15,16,17). The van der Waals surface area contributed by atoms with E-state index in [9.17, 15) is 4.79 Å². The molecular formula is C12H16N4OS. The van der Waals surface area contributed by atoms with Crippen molar-refractivity contribution < 1.29 is 4.79 Å². The Labute approximate surface area is 110 Å². The molecule has 0 aromatic carbocycles. The fourth-order valence-electron chi connectivity index (χ4n) is 2.25. The van der Waals surface area contributed by atoms with Crippen LogP contribution < -0.4 is 10.6 Å². The van der Waals surface area contributed by atoms with E-state index in [1.165, 1.54) is 23.4 Å². The topological polar surface area (TPSA) is 66.4 Å². The van der Waals surface area contributed by atoms with Gasteiger partial charge in [-0.2, -0.15) is 0 Å². The van der Waals surface area contributed by atoms with E-state index in [-0.39, 0.29) is 5.91 Å². The largest absolute Gasteiger partial charge is 0.366 e. The van der Waals surface area contributed by atoms with Crippen LogP contribution in [0.5, 0.6) is 0 Å². The number of hydrogen-bond acceptors (Lipinski definition) is 5. The molecule has 0 unspecified atom stereocenters. The predicted octanol–water partition coefficient (Wildman–Crippen LogP) is 1.35. The van der Waals surface area contributed by atoms with Gasteiger partial charge in [0, 0.05) is 18.0 Å². The van der Waals surface area contributed by atoms with E-state index in [0.29, 0.717) is 11.0 Å². The third-order valence-corrected chi connectivity index (χ3v) is 4.25. The maximum Gasteiger partial charge on any atom is 0.292 e. The number of nitrogens with one attached hydrogen (secondary N) is 2. The van der Waals surface area contributed by atoms with Crippen LogP contribution in [0, 0.1) is 0 Å². The van der Waals surface area contributed by atoms with Crippen molar-refractivity contribution in [1.29, 1.82) is 0 Å². The molecule has 0 spiro atoms. The summed E-state index contributed by atoms with van der Waals surface area (Å²) < 4.78 is 0. The molecular weight excluding hydrogens is 248 g/mol. The number of amides is 1. The number of rotatable bonds is 2. The highest BCUT2D eigenvalue weighted by Gasteiger charge is 2.19. The molecule has 1 aliphatic carbocycles. The van der Waals surface area contributed by atoms with Crippen LogP contribution in [0.3, 0.4) is 0 Å². The number of thiazole rings is 1. The summed E-state index contributed by atoms with van der Waals surface area (Å²) in [4.78, 5) is 21.9. The fraction of sp³-hybridized carbons (Fsp3) is 0.583. The summed E-state index contributed by atoms with van der Waals surface area (Å²) in [5, 5.41) is 6.57. The van der Waals surface area contributed by atoms with Gasteiger partial charge in [-0.25, -0.2) is 4.98 Å². The van der Waals surface area contributed by atoms with Crippen LogP contribution in [0.2, 0.25) is 0 Å².